The van der Waals surface area contributed by atoms with Gasteiger partial charge in [-0.25, -0.2) is 9.59 Å². The highest BCUT2D eigenvalue weighted by Crippen LogP contribution is 2.18. The van der Waals surface area contributed by atoms with Gasteiger partial charge in [-0.2, -0.15) is 9.78 Å². The highest BCUT2D eigenvalue weighted by molar-refractivity contribution is 5.74. The van der Waals surface area contributed by atoms with E-state index in [2.05, 4.69) is 21.7 Å². The van der Waals surface area contributed by atoms with Crippen LogP contribution in [-0.2, 0) is 34.2 Å². The molecule has 0 aliphatic heterocycles. The Balaban J connectivity index is 0. The van der Waals surface area contributed by atoms with Crippen molar-refractivity contribution in [2.45, 2.75) is 119 Å². The molecule has 0 heterocycles. The molecule has 1 atom stereocenters. The van der Waals surface area contributed by atoms with Crippen molar-refractivity contribution in [1.82, 2.24) is 0 Å². The molecule has 174 valence electrons. The second-order valence-electron chi connectivity index (χ2n) is 9.73. The predicted octanol–water partition coefficient (Wildman–Crippen LogP) is 6.10. The van der Waals surface area contributed by atoms with E-state index >= 15 is 0 Å². The van der Waals surface area contributed by atoms with E-state index < -0.39 is 16.6 Å². The summed E-state index contributed by atoms with van der Waals surface area (Å²) in [6.45, 7) is 20.6. The molecule has 1 unspecified atom stereocenters. The van der Waals surface area contributed by atoms with Crippen LogP contribution in [0.3, 0.4) is 0 Å². The molecule has 0 rings (SSSR count). The molecule has 7 heteroatoms. The van der Waals surface area contributed by atoms with Gasteiger partial charge in [0.15, 0.2) is 0 Å². The molecule has 29 heavy (non-hydrogen) atoms. The van der Waals surface area contributed by atoms with E-state index in [0.717, 1.165) is 32.1 Å². The largest absolute Gasteiger partial charge is 0.348 e. The van der Waals surface area contributed by atoms with Crippen LogP contribution in [-0.4, -0.2) is 23.1 Å². The van der Waals surface area contributed by atoms with Crippen LogP contribution in [0.15, 0.2) is 0 Å². The van der Waals surface area contributed by atoms with Gasteiger partial charge in [-0.3, -0.25) is 9.78 Å². The van der Waals surface area contributed by atoms with E-state index in [1.165, 1.54) is 0 Å². The van der Waals surface area contributed by atoms with E-state index in [1.807, 2.05) is 48.5 Å². The van der Waals surface area contributed by atoms with Gasteiger partial charge in [-0.05, 0) is 79.7 Å². The Kier molecular flexibility index (Phi) is 14.4. The summed E-state index contributed by atoms with van der Waals surface area (Å²) >= 11 is 0. The molecule has 0 aromatic heterocycles. The first-order valence-corrected chi connectivity index (χ1v) is 10.6. The second-order valence-corrected chi connectivity index (χ2v) is 9.73. The molecule has 0 aromatic rings. The maximum absolute atomic E-state index is 11.6. The average molecular weight is 421 g/mol. The van der Waals surface area contributed by atoms with Crippen LogP contribution in [0.1, 0.15) is 108 Å². The highest BCUT2D eigenvalue weighted by Gasteiger charge is 2.26. The van der Waals surface area contributed by atoms with Gasteiger partial charge in [0.05, 0.1) is 11.3 Å². The summed E-state index contributed by atoms with van der Waals surface area (Å²) in [5.74, 6) is -0.784. The summed E-state index contributed by atoms with van der Waals surface area (Å²) in [6, 6.07) is 0. The van der Waals surface area contributed by atoms with Crippen LogP contribution in [0, 0.1) is 11.3 Å². The molecule has 0 spiro atoms. The van der Waals surface area contributed by atoms with Gasteiger partial charge in [0.1, 0.15) is 11.2 Å². The third-order valence-electron chi connectivity index (χ3n) is 3.94. The van der Waals surface area contributed by atoms with E-state index in [0.29, 0.717) is 0 Å². The molecule has 0 fully saturated rings. The second kappa shape index (κ2) is 13.9. The fourth-order valence-electron chi connectivity index (χ4n) is 1.50. The summed E-state index contributed by atoms with van der Waals surface area (Å²) in [5, 5.41) is 4.56. The van der Waals surface area contributed by atoms with Gasteiger partial charge in [-0.1, -0.05) is 33.6 Å². The quantitative estimate of drug-likeness (QED) is 0.312. The number of hydrogen-bond acceptors (Lipinski definition) is 7. The van der Waals surface area contributed by atoms with Crippen LogP contribution in [0.25, 0.3) is 0 Å². The van der Waals surface area contributed by atoms with E-state index in [9.17, 15) is 9.59 Å². The lowest BCUT2D eigenvalue weighted by Crippen LogP contribution is -2.28. The van der Waals surface area contributed by atoms with Crippen molar-refractivity contribution in [2.75, 3.05) is 0 Å². The van der Waals surface area contributed by atoms with Gasteiger partial charge < -0.3 is 0 Å². The van der Waals surface area contributed by atoms with Crippen molar-refractivity contribution in [3.63, 3.8) is 0 Å². The van der Waals surface area contributed by atoms with Gasteiger partial charge in [0.2, 0.25) is 0 Å². The van der Waals surface area contributed by atoms with E-state index in [-0.39, 0.29) is 17.9 Å². The minimum absolute atomic E-state index is 0.0942. The molecule has 0 radical (unpaired) electrons. The standard InChI is InChI=1S/C13H26O4.C9H18O3/c1-6-9-10-11(7-2)12(14)15-17-16-13(4,5)8-3;1-8(2,3)7(10)11-12-9(4,5)6/h11H,6-10H2,1-5H3;1-6H3. The van der Waals surface area contributed by atoms with Crippen molar-refractivity contribution in [1.29, 1.82) is 0 Å². The van der Waals surface area contributed by atoms with Crippen molar-refractivity contribution < 1.29 is 34.2 Å². The van der Waals surface area contributed by atoms with Crippen LogP contribution in [0.2, 0.25) is 0 Å². The van der Waals surface area contributed by atoms with E-state index in [1.54, 1.807) is 20.8 Å². The topological polar surface area (TPSA) is 80.3 Å². The lowest BCUT2D eigenvalue weighted by Gasteiger charge is -2.20. The maximum Gasteiger partial charge on any atom is 0.348 e. The Hall–Kier alpha value is -1.18. The summed E-state index contributed by atoms with van der Waals surface area (Å²) in [4.78, 5) is 42.0. The minimum atomic E-state index is -0.509. The number of rotatable bonds is 10. The number of carbonyl (C=O) groups is 2. The lowest BCUT2D eigenvalue weighted by molar-refractivity contribution is -0.517. The third kappa shape index (κ3) is 17.4. The Bertz CT molecular complexity index is 459. The molecular weight excluding hydrogens is 376 g/mol. The third-order valence-corrected chi connectivity index (χ3v) is 3.94. The van der Waals surface area contributed by atoms with Crippen LogP contribution in [0.4, 0.5) is 0 Å². The van der Waals surface area contributed by atoms with Crippen molar-refractivity contribution in [2.24, 2.45) is 11.3 Å². The molecule has 0 saturated carbocycles. The zero-order valence-electron chi connectivity index (χ0n) is 20.5. The van der Waals surface area contributed by atoms with Gasteiger partial charge in [0.25, 0.3) is 0 Å². The smallest absolute Gasteiger partial charge is 0.297 e. The fourth-order valence-corrected chi connectivity index (χ4v) is 1.50. The summed E-state index contributed by atoms with van der Waals surface area (Å²) < 4.78 is 0. The molecule has 0 aliphatic carbocycles. The fraction of sp³-hybridized carbons (Fsp3) is 0.909. The first-order valence-electron chi connectivity index (χ1n) is 10.6. The van der Waals surface area contributed by atoms with Crippen molar-refractivity contribution in [3.05, 3.63) is 0 Å². The van der Waals surface area contributed by atoms with Crippen LogP contribution >= 0.6 is 0 Å². The monoisotopic (exact) mass is 420 g/mol. The first-order chi connectivity index (χ1) is 13.1. The SMILES string of the molecule is CC(C)(C)OOC(=O)C(C)(C)C.CCCCC(CC)C(=O)OOOC(C)(C)CC. The predicted molar refractivity (Wildman–Crippen MR) is 112 cm³/mol. The Labute approximate surface area is 177 Å². The van der Waals surface area contributed by atoms with Crippen molar-refractivity contribution >= 4 is 11.9 Å². The molecule has 0 saturated heterocycles. The lowest BCUT2D eigenvalue weighted by atomic mass is 9.98. The first kappa shape index (κ1) is 30.0. The minimum Gasteiger partial charge on any atom is -0.297 e. The Morgan fingerprint density at radius 1 is 0.828 bits per heavy atom. The molecule has 0 aromatic carbocycles. The zero-order chi connectivity index (χ0) is 23.3. The summed E-state index contributed by atoms with van der Waals surface area (Å²) in [6.07, 6.45) is 4.47. The van der Waals surface area contributed by atoms with Gasteiger partial charge in [-0.15, -0.1) is 0 Å². The van der Waals surface area contributed by atoms with Crippen LogP contribution < -0.4 is 0 Å². The molecule has 0 aliphatic rings. The average Bonchev–Trinajstić information content (AvgIpc) is 2.59. The normalized spacial score (nSPS) is 13.2. The summed E-state index contributed by atoms with van der Waals surface area (Å²) in [5.41, 5.74) is -1.39. The Morgan fingerprint density at radius 3 is 1.76 bits per heavy atom. The number of hydrogen-bond donors (Lipinski definition) is 0. The van der Waals surface area contributed by atoms with Gasteiger partial charge >= 0.3 is 11.9 Å². The molecule has 7 nitrogen and oxygen atoms in total. The van der Waals surface area contributed by atoms with Crippen LogP contribution in [0.5, 0.6) is 0 Å². The Morgan fingerprint density at radius 2 is 1.38 bits per heavy atom. The highest BCUT2D eigenvalue weighted by atomic mass is 17.5. The molecular formula is C22H44O7. The number of unbranched alkanes of at least 4 members (excludes halogenated alkanes) is 1. The number of carbonyl (C=O) groups excluding carboxylic acids is 2. The molecule has 0 bridgehead atoms. The van der Waals surface area contributed by atoms with Crippen molar-refractivity contribution in [3.8, 4) is 0 Å². The molecule has 0 N–H and O–H groups in total. The van der Waals surface area contributed by atoms with E-state index in [4.69, 9.17) is 9.78 Å². The summed E-state index contributed by atoms with van der Waals surface area (Å²) in [7, 11) is 0. The zero-order valence-corrected chi connectivity index (χ0v) is 20.5. The maximum atomic E-state index is 11.6. The molecule has 0 amide bonds. The van der Waals surface area contributed by atoms with Gasteiger partial charge in [0, 0.05) is 0 Å².